The third-order valence-electron chi connectivity index (χ3n) is 3.54. The first-order valence-corrected chi connectivity index (χ1v) is 8.81. The maximum Gasteiger partial charge on any atom is 0.303 e. The normalized spacial score (nSPS) is 11.3. The number of rotatable bonds is 8. The third kappa shape index (κ3) is 5.99. The van der Waals surface area contributed by atoms with E-state index in [4.69, 9.17) is 10.2 Å². The number of unbranched alkanes of at least 4 members (excludes halogenated alkanes) is 2. The summed E-state index contributed by atoms with van der Waals surface area (Å²) in [5.41, 5.74) is 1.43. The van der Waals surface area contributed by atoms with Crippen molar-refractivity contribution < 1.29 is 23.1 Å². The Hall–Kier alpha value is -1.93. The molecule has 0 heterocycles. The summed E-state index contributed by atoms with van der Waals surface area (Å²) >= 11 is 0. The number of carboxylic acids is 1. The first-order valence-electron chi connectivity index (χ1n) is 7.27. The fourth-order valence-electron chi connectivity index (χ4n) is 2.14. The van der Waals surface area contributed by atoms with Crippen molar-refractivity contribution in [3.05, 3.63) is 28.8 Å². The summed E-state index contributed by atoms with van der Waals surface area (Å²) in [6.07, 6.45) is 2.03. The molecule has 7 nitrogen and oxygen atoms in total. The van der Waals surface area contributed by atoms with Gasteiger partial charge in [0, 0.05) is 18.5 Å². The van der Waals surface area contributed by atoms with Gasteiger partial charge in [0.2, 0.25) is 10.0 Å². The van der Waals surface area contributed by atoms with Crippen LogP contribution < -0.4 is 10.5 Å². The summed E-state index contributed by atoms with van der Waals surface area (Å²) < 4.78 is 23.1. The highest BCUT2D eigenvalue weighted by molar-refractivity contribution is 7.89. The van der Waals surface area contributed by atoms with Crippen LogP contribution in [-0.4, -0.2) is 31.9 Å². The Morgan fingerprint density at radius 1 is 1.17 bits per heavy atom. The second kappa shape index (κ2) is 8.07. The van der Waals surface area contributed by atoms with E-state index < -0.39 is 16.0 Å². The molecule has 0 fully saturated rings. The quantitative estimate of drug-likeness (QED) is 0.614. The molecule has 0 unspecified atom stereocenters. The number of nitrogens with one attached hydrogen (secondary N) is 1. The predicted octanol–water partition coefficient (Wildman–Crippen LogP) is 1.33. The smallest absolute Gasteiger partial charge is 0.303 e. The molecule has 0 saturated carbocycles. The van der Waals surface area contributed by atoms with Crippen LogP contribution in [0.25, 0.3) is 0 Å². The molecule has 8 heteroatoms. The van der Waals surface area contributed by atoms with Gasteiger partial charge in [0.25, 0.3) is 5.91 Å². The number of hydrogen-bond donors (Lipinski definition) is 3. The molecule has 4 N–H and O–H groups in total. The molecule has 0 spiro atoms. The predicted molar refractivity (Wildman–Crippen MR) is 85.7 cm³/mol. The molecular formula is C15H22N2O5S. The van der Waals surface area contributed by atoms with Crippen LogP contribution in [-0.2, 0) is 14.8 Å². The van der Waals surface area contributed by atoms with Crippen LogP contribution >= 0.6 is 0 Å². The first-order chi connectivity index (χ1) is 10.6. The van der Waals surface area contributed by atoms with Crippen LogP contribution in [0.5, 0.6) is 0 Å². The number of nitrogens with two attached hydrogens (primary N) is 1. The van der Waals surface area contributed by atoms with Crippen molar-refractivity contribution in [3.63, 3.8) is 0 Å². The number of primary sulfonamides is 1. The molecule has 1 aromatic rings. The van der Waals surface area contributed by atoms with Crippen molar-refractivity contribution in [2.75, 3.05) is 6.54 Å². The number of carboxylic acid groups (broad SMARTS) is 1. The van der Waals surface area contributed by atoms with Gasteiger partial charge in [-0.15, -0.1) is 0 Å². The lowest BCUT2D eigenvalue weighted by Gasteiger charge is -2.11. The van der Waals surface area contributed by atoms with Gasteiger partial charge in [-0.05, 0) is 49.9 Å². The lowest BCUT2D eigenvalue weighted by atomic mass is 10.1. The highest BCUT2D eigenvalue weighted by atomic mass is 32.2. The fraction of sp³-hybridized carbons (Fsp3) is 0.467. The van der Waals surface area contributed by atoms with Gasteiger partial charge in [0.05, 0.1) is 4.90 Å². The zero-order valence-corrected chi connectivity index (χ0v) is 14.1. The maximum absolute atomic E-state index is 12.1. The van der Waals surface area contributed by atoms with Gasteiger partial charge in [-0.3, -0.25) is 9.59 Å². The van der Waals surface area contributed by atoms with Gasteiger partial charge in [-0.1, -0.05) is 6.42 Å². The fourth-order valence-corrected chi connectivity index (χ4v) is 3.01. The largest absolute Gasteiger partial charge is 0.481 e. The molecule has 23 heavy (non-hydrogen) atoms. The standard InChI is InChI=1S/C15H22N2O5S/c1-10-8-12(9-13(11(10)2)23(16,21)22)15(20)17-7-5-3-4-6-14(18)19/h8-9H,3-7H2,1-2H3,(H,17,20)(H,18,19)(H2,16,21,22). The molecule has 0 radical (unpaired) electrons. The zero-order valence-electron chi connectivity index (χ0n) is 13.3. The molecule has 0 aliphatic rings. The topological polar surface area (TPSA) is 127 Å². The lowest BCUT2D eigenvalue weighted by Crippen LogP contribution is -2.25. The van der Waals surface area contributed by atoms with Gasteiger partial charge in [-0.25, -0.2) is 13.6 Å². The van der Waals surface area contributed by atoms with Gasteiger partial charge in [-0.2, -0.15) is 0 Å². The minimum absolute atomic E-state index is 0.0518. The molecular weight excluding hydrogens is 320 g/mol. The van der Waals surface area contributed by atoms with Crippen molar-refractivity contribution in [1.82, 2.24) is 5.32 Å². The van der Waals surface area contributed by atoms with Gasteiger partial charge in [0.1, 0.15) is 0 Å². The molecule has 1 rings (SSSR count). The number of carbonyl (C=O) groups is 2. The molecule has 1 aromatic carbocycles. The number of aliphatic carboxylic acids is 1. The van der Waals surface area contributed by atoms with E-state index in [9.17, 15) is 18.0 Å². The number of hydrogen-bond acceptors (Lipinski definition) is 4. The second-order valence-electron chi connectivity index (χ2n) is 5.42. The van der Waals surface area contributed by atoms with Crippen LogP contribution in [0.1, 0.15) is 47.2 Å². The third-order valence-corrected chi connectivity index (χ3v) is 4.58. The van der Waals surface area contributed by atoms with E-state index in [-0.39, 0.29) is 22.8 Å². The Labute approximate surface area is 135 Å². The van der Waals surface area contributed by atoms with Crippen molar-refractivity contribution in [3.8, 4) is 0 Å². The summed E-state index contributed by atoms with van der Waals surface area (Å²) in [6, 6.07) is 2.89. The molecule has 0 atom stereocenters. The molecule has 0 bridgehead atoms. The van der Waals surface area contributed by atoms with E-state index in [0.717, 1.165) is 0 Å². The molecule has 1 amide bonds. The number of aryl methyl sites for hydroxylation is 1. The Bertz CT molecular complexity index is 698. The summed E-state index contributed by atoms with van der Waals surface area (Å²) in [5, 5.41) is 16.4. The van der Waals surface area contributed by atoms with Crippen molar-refractivity contribution in [2.24, 2.45) is 5.14 Å². The zero-order chi connectivity index (χ0) is 17.6. The molecule has 0 aliphatic heterocycles. The van der Waals surface area contributed by atoms with E-state index in [1.54, 1.807) is 19.9 Å². The molecule has 0 aliphatic carbocycles. The summed E-state index contributed by atoms with van der Waals surface area (Å²) in [4.78, 5) is 22.4. The van der Waals surface area contributed by atoms with E-state index in [1.807, 2.05) is 0 Å². The Kier molecular flexibility index (Phi) is 6.71. The minimum atomic E-state index is -3.89. The van der Waals surface area contributed by atoms with Crippen LogP contribution in [0.3, 0.4) is 0 Å². The average Bonchev–Trinajstić information content (AvgIpc) is 2.43. The van der Waals surface area contributed by atoms with Crippen molar-refractivity contribution >= 4 is 21.9 Å². The van der Waals surface area contributed by atoms with Gasteiger partial charge < -0.3 is 10.4 Å². The monoisotopic (exact) mass is 342 g/mol. The van der Waals surface area contributed by atoms with E-state index in [0.29, 0.717) is 36.9 Å². The highest BCUT2D eigenvalue weighted by Crippen LogP contribution is 2.20. The average molecular weight is 342 g/mol. The van der Waals surface area contributed by atoms with Gasteiger partial charge in [0.15, 0.2) is 0 Å². The lowest BCUT2D eigenvalue weighted by molar-refractivity contribution is -0.137. The number of sulfonamides is 1. The van der Waals surface area contributed by atoms with E-state index in [1.165, 1.54) is 6.07 Å². The van der Waals surface area contributed by atoms with E-state index in [2.05, 4.69) is 5.32 Å². The van der Waals surface area contributed by atoms with Crippen LogP contribution in [0.15, 0.2) is 17.0 Å². The molecule has 0 saturated heterocycles. The van der Waals surface area contributed by atoms with Crippen LogP contribution in [0.4, 0.5) is 0 Å². The Balaban J connectivity index is 2.67. The van der Waals surface area contributed by atoms with Crippen molar-refractivity contribution in [2.45, 2.75) is 44.4 Å². The molecule has 128 valence electrons. The van der Waals surface area contributed by atoms with Crippen LogP contribution in [0, 0.1) is 13.8 Å². The van der Waals surface area contributed by atoms with Crippen molar-refractivity contribution in [1.29, 1.82) is 0 Å². The number of benzene rings is 1. The van der Waals surface area contributed by atoms with Gasteiger partial charge >= 0.3 is 5.97 Å². The van der Waals surface area contributed by atoms with Crippen LogP contribution in [0.2, 0.25) is 0 Å². The highest BCUT2D eigenvalue weighted by Gasteiger charge is 2.17. The first kappa shape index (κ1) is 19.1. The number of amides is 1. The van der Waals surface area contributed by atoms with E-state index >= 15 is 0 Å². The maximum atomic E-state index is 12.1. The summed E-state index contributed by atoms with van der Waals surface area (Å²) in [7, 11) is -3.89. The number of carbonyl (C=O) groups excluding carboxylic acids is 1. The molecule has 0 aromatic heterocycles. The minimum Gasteiger partial charge on any atom is -0.481 e. The Morgan fingerprint density at radius 3 is 2.39 bits per heavy atom. The summed E-state index contributed by atoms with van der Waals surface area (Å²) in [6.45, 7) is 3.75. The summed E-state index contributed by atoms with van der Waals surface area (Å²) in [5.74, 6) is -1.21. The second-order valence-corrected chi connectivity index (χ2v) is 6.95. The Morgan fingerprint density at radius 2 is 1.83 bits per heavy atom. The SMILES string of the molecule is Cc1cc(C(=O)NCCCCCC(=O)O)cc(S(N)(=O)=O)c1C.